The van der Waals surface area contributed by atoms with Crippen LogP contribution in [0.4, 0.5) is 4.39 Å². The van der Waals surface area contributed by atoms with Crippen LogP contribution in [-0.4, -0.2) is 26.0 Å². The lowest BCUT2D eigenvalue weighted by molar-refractivity contribution is -0.138. The van der Waals surface area contributed by atoms with E-state index in [0.29, 0.717) is 6.61 Å². The van der Waals surface area contributed by atoms with E-state index in [-0.39, 0.29) is 35.0 Å². The van der Waals surface area contributed by atoms with Gasteiger partial charge in [0, 0.05) is 13.0 Å². The summed E-state index contributed by atoms with van der Waals surface area (Å²) in [5.41, 5.74) is 0.969. The minimum atomic E-state index is -1.86. The van der Waals surface area contributed by atoms with Crippen LogP contribution in [0.1, 0.15) is 51.5 Å². The van der Waals surface area contributed by atoms with Crippen molar-refractivity contribution in [2.75, 3.05) is 6.61 Å². The van der Waals surface area contributed by atoms with Crippen LogP contribution in [0.5, 0.6) is 0 Å². The Kier molecular flexibility index (Phi) is 6.10. The molecule has 0 aliphatic heterocycles. The van der Waals surface area contributed by atoms with Gasteiger partial charge in [-0.15, -0.1) is 0 Å². The normalized spacial score (nSPS) is 24.5. The Morgan fingerprint density at radius 1 is 1.32 bits per heavy atom. The molecule has 1 N–H and O–H groups in total. The molecule has 0 spiro atoms. The fourth-order valence-electron chi connectivity index (χ4n) is 3.52. The van der Waals surface area contributed by atoms with Crippen molar-refractivity contribution in [3.05, 3.63) is 35.6 Å². The zero-order chi connectivity index (χ0) is 18.8. The van der Waals surface area contributed by atoms with Gasteiger partial charge in [-0.1, -0.05) is 32.9 Å². The molecular formula is C20H31FO3Si. The third kappa shape index (κ3) is 5.14. The summed E-state index contributed by atoms with van der Waals surface area (Å²) in [6, 6.07) is 6.73. The van der Waals surface area contributed by atoms with Gasteiger partial charge in [0.1, 0.15) is 5.82 Å². The Morgan fingerprint density at radius 3 is 2.56 bits per heavy atom. The summed E-state index contributed by atoms with van der Waals surface area (Å²) in [6.45, 7) is 11.7. The number of carboxylic acids is 1. The van der Waals surface area contributed by atoms with Gasteiger partial charge in [-0.2, -0.15) is 0 Å². The standard InChI is InChI=1S/C20H31FO3Si/c1-20(2,3)25(4,5)24-13-16-9-14(11-19(22)23)10-18(16)15-7-6-8-17(21)12-15/h6-8,12,14,16,18H,9-11,13H2,1-5H3,(H,22,23). The van der Waals surface area contributed by atoms with Gasteiger partial charge in [0.25, 0.3) is 0 Å². The molecule has 1 fully saturated rings. The van der Waals surface area contributed by atoms with Gasteiger partial charge >= 0.3 is 5.97 Å². The zero-order valence-electron chi connectivity index (χ0n) is 16.0. The Morgan fingerprint density at radius 2 is 2.00 bits per heavy atom. The molecule has 0 amide bonds. The molecule has 1 aliphatic carbocycles. The van der Waals surface area contributed by atoms with Crippen LogP contribution in [0.3, 0.4) is 0 Å². The number of rotatable bonds is 6. The second-order valence-corrected chi connectivity index (χ2v) is 13.7. The molecule has 3 nitrogen and oxygen atoms in total. The maximum absolute atomic E-state index is 13.7. The quantitative estimate of drug-likeness (QED) is 0.683. The lowest BCUT2D eigenvalue weighted by Gasteiger charge is -2.37. The molecule has 3 atom stereocenters. The van der Waals surface area contributed by atoms with Crippen molar-refractivity contribution in [2.24, 2.45) is 11.8 Å². The zero-order valence-corrected chi connectivity index (χ0v) is 17.0. The van der Waals surface area contributed by atoms with Crippen LogP contribution < -0.4 is 0 Å². The molecule has 0 bridgehead atoms. The van der Waals surface area contributed by atoms with Gasteiger partial charge in [0.05, 0.1) is 0 Å². The molecule has 1 saturated carbocycles. The second-order valence-electron chi connectivity index (χ2n) is 8.93. The Hall–Kier alpha value is -1.20. The number of hydrogen-bond donors (Lipinski definition) is 1. The highest BCUT2D eigenvalue weighted by Crippen LogP contribution is 2.46. The first-order valence-electron chi connectivity index (χ1n) is 9.11. The Labute approximate surface area is 151 Å². The summed E-state index contributed by atoms with van der Waals surface area (Å²) >= 11 is 0. The fourth-order valence-corrected chi connectivity index (χ4v) is 4.58. The molecule has 0 saturated heterocycles. The minimum absolute atomic E-state index is 0.138. The number of benzene rings is 1. The van der Waals surface area contributed by atoms with E-state index >= 15 is 0 Å². The minimum Gasteiger partial charge on any atom is -0.481 e. The summed E-state index contributed by atoms with van der Waals surface area (Å²) in [6.07, 6.45) is 1.81. The van der Waals surface area contributed by atoms with Crippen LogP contribution in [0.2, 0.25) is 18.1 Å². The second kappa shape index (κ2) is 7.58. The third-order valence-electron chi connectivity index (χ3n) is 6.00. The van der Waals surface area contributed by atoms with Crippen molar-refractivity contribution >= 4 is 14.3 Å². The number of hydrogen-bond acceptors (Lipinski definition) is 2. The van der Waals surface area contributed by atoms with Crippen LogP contribution in [0.15, 0.2) is 24.3 Å². The number of aliphatic carboxylic acids is 1. The molecule has 1 aliphatic rings. The van der Waals surface area contributed by atoms with Gasteiger partial charge in [-0.25, -0.2) is 4.39 Å². The number of halogens is 1. The third-order valence-corrected chi connectivity index (χ3v) is 10.5. The van der Waals surface area contributed by atoms with Gasteiger partial charge < -0.3 is 9.53 Å². The lowest BCUT2D eigenvalue weighted by atomic mass is 9.89. The molecule has 3 unspecified atom stereocenters. The molecule has 1 aromatic rings. The van der Waals surface area contributed by atoms with Crippen molar-refractivity contribution in [1.82, 2.24) is 0 Å². The summed E-state index contributed by atoms with van der Waals surface area (Å²) in [5.74, 6) is -0.430. The Bertz CT molecular complexity index is 609. The topological polar surface area (TPSA) is 46.5 Å². The molecule has 140 valence electrons. The maximum atomic E-state index is 13.7. The number of carbonyl (C=O) groups is 1. The predicted molar refractivity (Wildman–Crippen MR) is 101 cm³/mol. The van der Waals surface area contributed by atoms with Crippen molar-refractivity contribution < 1.29 is 18.7 Å². The molecule has 0 heterocycles. The first-order chi connectivity index (χ1) is 11.5. The van der Waals surface area contributed by atoms with E-state index < -0.39 is 14.3 Å². The van der Waals surface area contributed by atoms with Crippen molar-refractivity contribution in [1.29, 1.82) is 0 Å². The largest absolute Gasteiger partial charge is 0.481 e. The van der Waals surface area contributed by atoms with E-state index in [1.165, 1.54) is 6.07 Å². The highest BCUT2D eigenvalue weighted by molar-refractivity contribution is 6.74. The van der Waals surface area contributed by atoms with E-state index in [4.69, 9.17) is 9.53 Å². The average molecular weight is 367 g/mol. The molecule has 25 heavy (non-hydrogen) atoms. The first-order valence-corrected chi connectivity index (χ1v) is 12.0. The number of carboxylic acid groups (broad SMARTS) is 1. The maximum Gasteiger partial charge on any atom is 0.303 e. The van der Waals surface area contributed by atoms with E-state index in [1.54, 1.807) is 12.1 Å². The molecule has 0 aromatic heterocycles. The SMILES string of the molecule is CC(C)(C)[Si](C)(C)OCC1CC(CC(=O)O)CC1c1cccc(F)c1. The van der Waals surface area contributed by atoms with Crippen LogP contribution in [0, 0.1) is 17.7 Å². The molecule has 5 heteroatoms. The predicted octanol–water partition coefficient (Wildman–Crippen LogP) is 5.43. The van der Waals surface area contributed by atoms with E-state index in [9.17, 15) is 9.18 Å². The van der Waals surface area contributed by atoms with Crippen LogP contribution in [-0.2, 0) is 9.22 Å². The molecule has 0 radical (unpaired) electrons. The average Bonchev–Trinajstić information content (AvgIpc) is 2.86. The summed E-state index contributed by atoms with van der Waals surface area (Å²) in [5, 5.41) is 9.28. The molecule has 2 rings (SSSR count). The van der Waals surface area contributed by atoms with Gasteiger partial charge in [0.15, 0.2) is 8.32 Å². The van der Waals surface area contributed by atoms with Gasteiger partial charge in [-0.05, 0) is 66.4 Å². The van der Waals surface area contributed by atoms with E-state index in [2.05, 4.69) is 33.9 Å². The summed E-state index contributed by atoms with van der Waals surface area (Å²) < 4.78 is 20.1. The van der Waals surface area contributed by atoms with Crippen molar-refractivity contribution in [3.63, 3.8) is 0 Å². The molecule has 1 aromatic carbocycles. The summed E-state index contributed by atoms with van der Waals surface area (Å²) in [7, 11) is -1.86. The van der Waals surface area contributed by atoms with Gasteiger partial charge in [-0.3, -0.25) is 4.79 Å². The highest BCUT2D eigenvalue weighted by Gasteiger charge is 2.41. The van der Waals surface area contributed by atoms with Crippen LogP contribution >= 0.6 is 0 Å². The molecular weight excluding hydrogens is 335 g/mol. The lowest BCUT2D eigenvalue weighted by Crippen LogP contribution is -2.42. The summed E-state index contributed by atoms with van der Waals surface area (Å²) in [4.78, 5) is 11.1. The monoisotopic (exact) mass is 366 g/mol. The smallest absolute Gasteiger partial charge is 0.303 e. The highest BCUT2D eigenvalue weighted by atomic mass is 28.4. The fraction of sp³-hybridized carbons (Fsp3) is 0.650. The van der Waals surface area contributed by atoms with Crippen molar-refractivity contribution in [2.45, 2.75) is 64.1 Å². The van der Waals surface area contributed by atoms with Gasteiger partial charge in [0.2, 0.25) is 0 Å². The van der Waals surface area contributed by atoms with Crippen molar-refractivity contribution in [3.8, 4) is 0 Å². The Balaban J connectivity index is 2.15. The van der Waals surface area contributed by atoms with E-state index in [1.807, 2.05) is 6.07 Å². The van der Waals surface area contributed by atoms with Crippen LogP contribution in [0.25, 0.3) is 0 Å². The van der Waals surface area contributed by atoms with E-state index in [0.717, 1.165) is 18.4 Å². The first kappa shape index (κ1) is 20.1.